The predicted octanol–water partition coefficient (Wildman–Crippen LogP) is 2.03. The zero-order chi connectivity index (χ0) is 15.0. The van der Waals surface area contributed by atoms with Crippen molar-refractivity contribution in [3.8, 4) is 0 Å². The number of anilines is 1. The maximum absolute atomic E-state index is 10.8. The minimum atomic E-state index is -0.395. The van der Waals surface area contributed by atoms with Crippen molar-refractivity contribution in [2.75, 3.05) is 18.0 Å². The number of non-ortho nitro benzene ring substituents is 1. The number of H-pyrrole nitrogens is 1. The number of rotatable bonds is 3. The van der Waals surface area contributed by atoms with Crippen LogP contribution in [0.2, 0.25) is 0 Å². The lowest BCUT2D eigenvalue weighted by Crippen LogP contribution is -2.40. The molecule has 1 aliphatic heterocycles. The van der Waals surface area contributed by atoms with Crippen LogP contribution in [0.5, 0.6) is 0 Å². The fourth-order valence-electron chi connectivity index (χ4n) is 2.88. The Balaban J connectivity index is 1.80. The van der Waals surface area contributed by atoms with Gasteiger partial charge in [0.25, 0.3) is 5.69 Å². The van der Waals surface area contributed by atoms with Gasteiger partial charge < -0.3 is 15.6 Å². The zero-order valence-electron chi connectivity index (χ0n) is 12.0. The molecular weight excluding hydrogens is 270 g/mol. The first-order valence-electron chi connectivity index (χ1n) is 7.19. The van der Waals surface area contributed by atoms with Crippen molar-refractivity contribution >= 4 is 22.7 Å². The van der Waals surface area contributed by atoms with Crippen molar-refractivity contribution in [1.29, 1.82) is 0 Å². The first-order valence-corrected chi connectivity index (χ1v) is 7.19. The molecule has 3 N–H and O–H groups in total. The third-order valence-corrected chi connectivity index (χ3v) is 4.25. The number of piperidine rings is 1. The molecule has 7 nitrogen and oxygen atoms in total. The van der Waals surface area contributed by atoms with E-state index in [1.54, 1.807) is 6.07 Å². The standard InChI is InChI=1S/C14H19N5O2/c1-9(15)10-4-6-18(7-5-10)14-16-12-3-2-11(19(20)21)8-13(12)17-14/h2-3,8-10H,4-7,15H2,1H3,(H,16,17). The largest absolute Gasteiger partial charge is 0.342 e. The van der Waals surface area contributed by atoms with Crippen LogP contribution in [0.25, 0.3) is 11.0 Å². The number of nitro benzene ring substituents is 1. The molecule has 0 spiro atoms. The van der Waals surface area contributed by atoms with E-state index in [0.29, 0.717) is 11.4 Å². The molecule has 0 saturated carbocycles. The van der Waals surface area contributed by atoms with Crippen molar-refractivity contribution in [1.82, 2.24) is 9.97 Å². The molecule has 112 valence electrons. The van der Waals surface area contributed by atoms with Gasteiger partial charge in [-0.05, 0) is 31.7 Å². The minimum Gasteiger partial charge on any atom is -0.342 e. The second-order valence-corrected chi connectivity index (χ2v) is 5.70. The Morgan fingerprint density at radius 1 is 1.48 bits per heavy atom. The molecule has 0 amide bonds. The quantitative estimate of drug-likeness (QED) is 0.665. The normalized spacial score (nSPS) is 18.1. The van der Waals surface area contributed by atoms with E-state index in [1.807, 2.05) is 0 Å². The lowest BCUT2D eigenvalue weighted by Gasteiger charge is -2.33. The van der Waals surface area contributed by atoms with Crippen molar-refractivity contribution in [2.24, 2.45) is 11.7 Å². The smallest absolute Gasteiger partial charge is 0.271 e. The molecular formula is C14H19N5O2. The van der Waals surface area contributed by atoms with Crippen LogP contribution >= 0.6 is 0 Å². The van der Waals surface area contributed by atoms with Gasteiger partial charge in [-0.2, -0.15) is 0 Å². The summed E-state index contributed by atoms with van der Waals surface area (Å²) >= 11 is 0. The Kier molecular flexibility index (Phi) is 3.50. The number of nitrogens with two attached hydrogens (primary N) is 1. The van der Waals surface area contributed by atoms with Crippen molar-refractivity contribution in [3.63, 3.8) is 0 Å². The molecule has 0 radical (unpaired) electrons. The number of hydrogen-bond acceptors (Lipinski definition) is 5. The van der Waals surface area contributed by atoms with E-state index in [4.69, 9.17) is 5.73 Å². The van der Waals surface area contributed by atoms with Gasteiger partial charge in [-0.15, -0.1) is 0 Å². The van der Waals surface area contributed by atoms with E-state index >= 15 is 0 Å². The van der Waals surface area contributed by atoms with E-state index in [0.717, 1.165) is 37.4 Å². The number of nitro groups is 1. The average Bonchev–Trinajstić information content (AvgIpc) is 2.90. The molecule has 1 saturated heterocycles. The molecule has 1 atom stereocenters. The van der Waals surface area contributed by atoms with Crippen molar-refractivity contribution in [2.45, 2.75) is 25.8 Å². The van der Waals surface area contributed by atoms with E-state index in [9.17, 15) is 10.1 Å². The summed E-state index contributed by atoms with van der Waals surface area (Å²) in [6.45, 7) is 3.88. The molecule has 1 aromatic heterocycles. The SMILES string of the molecule is CC(N)C1CCN(c2nc3ccc([N+](=O)[O-])cc3[nH]2)CC1. The molecule has 1 unspecified atom stereocenters. The monoisotopic (exact) mass is 289 g/mol. The molecule has 7 heteroatoms. The van der Waals surface area contributed by atoms with Gasteiger partial charge in [0.2, 0.25) is 5.95 Å². The summed E-state index contributed by atoms with van der Waals surface area (Å²) in [7, 11) is 0. The van der Waals surface area contributed by atoms with E-state index in [2.05, 4.69) is 21.8 Å². The highest BCUT2D eigenvalue weighted by Gasteiger charge is 2.23. The number of fused-ring (bicyclic) bond motifs is 1. The van der Waals surface area contributed by atoms with Crippen LogP contribution < -0.4 is 10.6 Å². The molecule has 0 bridgehead atoms. The minimum absolute atomic E-state index is 0.0772. The number of aromatic nitrogens is 2. The van der Waals surface area contributed by atoms with E-state index < -0.39 is 4.92 Å². The number of aromatic amines is 1. The Labute approximate surface area is 122 Å². The summed E-state index contributed by atoms with van der Waals surface area (Å²) < 4.78 is 0. The van der Waals surface area contributed by atoms with Gasteiger partial charge in [-0.25, -0.2) is 4.98 Å². The molecule has 1 fully saturated rings. The van der Waals surface area contributed by atoms with Crippen LogP contribution in [0.1, 0.15) is 19.8 Å². The van der Waals surface area contributed by atoms with E-state index in [1.165, 1.54) is 12.1 Å². The molecule has 2 heterocycles. The Hall–Kier alpha value is -2.15. The molecule has 1 aromatic carbocycles. The van der Waals surface area contributed by atoms with E-state index in [-0.39, 0.29) is 11.7 Å². The first-order chi connectivity index (χ1) is 10.0. The molecule has 1 aliphatic rings. The summed E-state index contributed by atoms with van der Waals surface area (Å²) in [4.78, 5) is 20.3. The maximum Gasteiger partial charge on any atom is 0.271 e. The van der Waals surface area contributed by atoms with Gasteiger partial charge in [0, 0.05) is 31.3 Å². The summed E-state index contributed by atoms with van der Waals surface area (Å²) in [5.41, 5.74) is 7.49. The van der Waals surface area contributed by atoms with Crippen LogP contribution in [0.3, 0.4) is 0 Å². The first kappa shape index (κ1) is 13.8. The lowest BCUT2D eigenvalue weighted by atomic mass is 9.91. The molecule has 21 heavy (non-hydrogen) atoms. The van der Waals surface area contributed by atoms with Crippen LogP contribution in [-0.4, -0.2) is 34.0 Å². The predicted molar refractivity (Wildman–Crippen MR) is 81.3 cm³/mol. The van der Waals surface area contributed by atoms with Crippen molar-refractivity contribution < 1.29 is 4.92 Å². The lowest BCUT2D eigenvalue weighted by molar-refractivity contribution is -0.384. The van der Waals surface area contributed by atoms with Crippen LogP contribution in [0.15, 0.2) is 18.2 Å². The number of hydrogen-bond donors (Lipinski definition) is 2. The molecule has 3 rings (SSSR count). The third kappa shape index (κ3) is 2.69. The number of nitrogens with zero attached hydrogens (tertiary/aromatic N) is 3. The summed E-state index contributed by atoms with van der Waals surface area (Å²) in [5.74, 6) is 1.35. The van der Waals surface area contributed by atoms with Gasteiger partial charge in [0.05, 0.1) is 16.0 Å². The van der Waals surface area contributed by atoms with Gasteiger partial charge in [0.15, 0.2) is 0 Å². The maximum atomic E-state index is 10.8. The summed E-state index contributed by atoms with van der Waals surface area (Å²) in [6, 6.07) is 4.92. The number of benzene rings is 1. The van der Waals surface area contributed by atoms with Crippen LogP contribution in [-0.2, 0) is 0 Å². The highest BCUT2D eigenvalue weighted by atomic mass is 16.6. The Morgan fingerprint density at radius 2 is 2.19 bits per heavy atom. The van der Waals surface area contributed by atoms with Crippen LogP contribution in [0.4, 0.5) is 11.6 Å². The van der Waals surface area contributed by atoms with Gasteiger partial charge in [-0.1, -0.05) is 0 Å². The Morgan fingerprint density at radius 3 is 2.81 bits per heavy atom. The van der Waals surface area contributed by atoms with Gasteiger partial charge >= 0.3 is 0 Å². The second kappa shape index (κ2) is 5.33. The summed E-state index contributed by atoms with van der Waals surface area (Å²) in [6.07, 6.45) is 2.10. The fraction of sp³-hybridized carbons (Fsp3) is 0.500. The molecule has 2 aromatic rings. The zero-order valence-corrected chi connectivity index (χ0v) is 12.0. The third-order valence-electron chi connectivity index (χ3n) is 4.25. The van der Waals surface area contributed by atoms with Gasteiger partial charge in [-0.3, -0.25) is 10.1 Å². The number of imidazole rings is 1. The highest BCUT2D eigenvalue weighted by Crippen LogP contribution is 2.26. The van der Waals surface area contributed by atoms with Crippen LogP contribution in [0, 0.1) is 16.0 Å². The Bertz CT molecular complexity index is 658. The topological polar surface area (TPSA) is 101 Å². The summed E-state index contributed by atoms with van der Waals surface area (Å²) in [5, 5.41) is 10.8. The average molecular weight is 289 g/mol. The fourth-order valence-corrected chi connectivity index (χ4v) is 2.88. The second-order valence-electron chi connectivity index (χ2n) is 5.70. The highest BCUT2D eigenvalue weighted by molar-refractivity contribution is 5.80. The van der Waals surface area contributed by atoms with Crippen molar-refractivity contribution in [3.05, 3.63) is 28.3 Å². The molecule has 0 aliphatic carbocycles. The van der Waals surface area contributed by atoms with Gasteiger partial charge in [0.1, 0.15) is 0 Å². The number of nitrogens with one attached hydrogen (secondary N) is 1.